The van der Waals surface area contributed by atoms with Crippen molar-refractivity contribution >= 4 is 11.6 Å². The lowest BCUT2D eigenvalue weighted by atomic mass is 9.75. The second-order valence-corrected chi connectivity index (χ2v) is 8.16. The fourth-order valence-corrected chi connectivity index (χ4v) is 4.99. The van der Waals surface area contributed by atoms with Crippen LogP contribution in [0.4, 0.5) is 0 Å². The molecule has 0 bridgehead atoms. The van der Waals surface area contributed by atoms with Crippen LogP contribution in [0.5, 0.6) is 5.75 Å². The standard InChI is InChI=1S/C23H29ClN2O/c24-22-6-2-1-5-18(22)15-21-20-16-19(27-14-11-25)9-7-17(20)8-10-23(21)26-12-3-4-13-26/h1-2,5-7,9,16,21,23H,3-4,8,10-15,25H2. The molecular formula is C23H29ClN2O. The van der Waals surface area contributed by atoms with Crippen LogP contribution in [0.1, 0.15) is 41.9 Å². The van der Waals surface area contributed by atoms with Crippen LogP contribution in [0.3, 0.4) is 0 Å². The van der Waals surface area contributed by atoms with E-state index in [9.17, 15) is 0 Å². The van der Waals surface area contributed by atoms with Crippen LogP contribution in [-0.2, 0) is 12.8 Å². The minimum Gasteiger partial charge on any atom is -0.492 e. The number of fused-ring (bicyclic) bond motifs is 1. The van der Waals surface area contributed by atoms with Gasteiger partial charge >= 0.3 is 0 Å². The van der Waals surface area contributed by atoms with Crippen LogP contribution in [-0.4, -0.2) is 37.2 Å². The minimum absolute atomic E-state index is 0.452. The summed E-state index contributed by atoms with van der Waals surface area (Å²) in [5, 5.41) is 0.875. The van der Waals surface area contributed by atoms with Crippen molar-refractivity contribution in [2.75, 3.05) is 26.2 Å². The molecule has 144 valence electrons. The van der Waals surface area contributed by atoms with Crippen LogP contribution < -0.4 is 10.5 Å². The summed E-state index contributed by atoms with van der Waals surface area (Å²) in [6, 6.07) is 15.5. The van der Waals surface area contributed by atoms with Gasteiger partial charge in [-0.05, 0) is 80.1 Å². The molecule has 4 rings (SSSR count). The van der Waals surface area contributed by atoms with Gasteiger partial charge in [-0.25, -0.2) is 0 Å². The number of benzene rings is 2. The van der Waals surface area contributed by atoms with Crippen LogP contribution in [0.15, 0.2) is 42.5 Å². The van der Waals surface area contributed by atoms with Gasteiger partial charge in [0.1, 0.15) is 12.4 Å². The highest BCUT2D eigenvalue weighted by molar-refractivity contribution is 6.31. The van der Waals surface area contributed by atoms with Crippen molar-refractivity contribution in [2.24, 2.45) is 5.73 Å². The number of hydrogen-bond donors (Lipinski definition) is 1. The summed E-state index contributed by atoms with van der Waals surface area (Å²) in [5.74, 6) is 1.39. The number of nitrogens with two attached hydrogens (primary N) is 1. The van der Waals surface area contributed by atoms with Gasteiger partial charge in [-0.2, -0.15) is 0 Å². The summed E-state index contributed by atoms with van der Waals surface area (Å²) in [4.78, 5) is 2.71. The number of halogens is 1. The Morgan fingerprint density at radius 2 is 1.93 bits per heavy atom. The average Bonchev–Trinajstić information content (AvgIpc) is 3.23. The van der Waals surface area contributed by atoms with Gasteiger partial charge in [-0.3, -0.25) is 4.90 Å². The molecule has 0 amide bonds. The molecule has 2 unspecified atom stereocenters. The van der Waals surface area contributed by atoms with Crippen molar-refractivity contribution in [3.63, 3.8) is 0 Å². The normalized spacial score (nSPS) is 22.6. The topological polar surface area (TPSA) is 38.5 Å². The Labute approximate surface area is 167 Å². The lowest BCUT2D eigenvalue weighted by Crippen LogP contribution is -2.41. The summed E-state index contributed by atoms with van der Waals surface area (Å²) >= 11 is 6.53. The summed E-state index contributed by atoms with van der Waals surface area (Å²) in [6.07, 6.45) is 6.00. The lowest BCUT2D eigenvalue weighted by Gasteiger charge is -2.39. The van der Waals surface area contributed by atoms with E-state index in [0.29, 0.717) is 25.1 Å². The van der Waals surface area contributed by atoms with Crippen molar-refractivity contribution in [3.8, 4) is 5.75 Å². The maximum absolute atomic E-state index is 6.53. The molecule has 3 nitrogen and oxygen atoms in total. The average molecular weight is 385 g/mol. The molecule has 2 aromatic rings. The number of nitrogens with zero attached hydrogens (tertiary/aromatic N) is 1. The lowest BCUT2D eigenvalue weighted by molar-refractivity contribution is 0.188. The predicted molar refractivity (Wildman–Crippen MR) is 112 cm³/mol. The first-order valence-electron chi connectivity index (χ1n) is 10.2. The monoisotopic (exact) mass is 384 g/mol. The van der Waals surface area contributed by atoms with E-state index < -0.39 is 0 Å². The highest BCUT2D eigenvalue weighted by atomic mass is 35.5. The molecule has 0 aromatic heterocycles. The fourth-order valence-electron chi connectivity index (χ4n) is 4.78. The number of rotatable bonds is 6. The molecule has 27 heavy (non-hydrogen) atoms. The molecule has 2 atom stereocenters. The van der Waals surface area contributed by atoms with E-state index in [4.69, 9.17) is 22.1 Å². The quantitative estimate of drug-likeness (QED) is 0.801. The number of ether oxygens (including phenoxy) is 1. The number of hydrogen-bond acceptors (Lipinski definition) is 3. The predicted octanol–water partition coefficient (Wildman–Crippen LogP) is 4.41. The second-order valence-electron chi connectivity index (χ2n) is 7.75. The summed E-state index contributed by atoms with van der Waals surface area (Å²) in [7, 11) is 0. The van der Waals surface area contributed by atoms with Crippen molar-refractivity contribution in [1.82, 2.24) is 4.90 Å². The Kier molecular flexibility index (Phi) is 6.01. The van der Waals surface area contributed by atoms with Gasteiger partial charge in [0.25, 0.3) is 0 Å². The molecule has 1 heterocycles. The van der Waals surface area contributed by atoms with Gasteiger partial charge in [0.05, 0.1) is 0 Å². The Morgan fingerprint density at radius 1 is 1.11 bits per heavy atom. The highest BCUT2D eigenvalue weighted by Crippen LogP contribution is 2.40. The van der Waals surface area contributed by atoms with Gasteiger partial charge in [0.15, 0.2) is 0 Å². The first kappa shape index (κ1) is 18.8. The molecule has 4 heteroatoms. The summed E-state index contributed by atoms with van der Waals surface area (Å²) < 4.78 is 5.84. The highest BCUT2D eigenvalue weighted by Gasteiger charge is 2.35. The molecule has 1 fully saturated rings. The van der Waals surface area contributed by atoms with Crippen molar-refractivity contribution < 1.29 is 4.74 Å². The zero-order chi connectivity index (χ0) is 18.6. The maximum Gasteiger partial charge on any atom is 0.119 e. The van der Waals surface area contributed by atoms with Crippen LogP contribution >= 0.6 is 11.6 Å². The van der Waals surface area contributed by atoms with Crippen LogP contribution in [0.25, 0.3) is 0 Å². The van der Waals surface area contributed by atoms with Crippen molar-refractivity contribution in [2.45, 2.75) is 44.1 Å². The van der Waals surface area contributed by atoms with Gasteiger partial charge in [-0.15, -0.1) is 0 Å². The Morgan fingerprint density at radius 3 is 2.70 bits per heavy atom. The Balaban J connectivity index is 1.68. The van der Waals surface area contributed by atoms with Crippen molar-refractivity contribution in [1.29, 1.82) is 0 Å². The Bertz CT molecular complexity index is 773. The minimum atomic E-state index is 0.452. The van der Waals surface area contributed by atoms with Crippen molar-refractivity contribution in [3.05, 3.63) is 64.2 Å². The zero-order valence-corrected chi connectivity index (χ0v) is 16.6. The molecule has 1 aliphatic heterocycles. The molecule has 2 aromatic carbocycles. The van der Waals surface area contributed by atoms with Gasteiger partial charge in [-0.1, -0.05) is 35.9 Å². The first-order valence-corrected chi connectivity index (χ1v) is 10.6. The third-order valence-electron chi connectivity index (χ3n) is 6.08. The molecule has 0 spiro atoms. The van der Waals surface area contributed by atoms with E-state index >= 15 is 0 Å². The third kappa shape index (κ3) is 4.16. The maximum atomic E-state index is 6.53. The molecular weight excluding hydrogens is 356 g/mol. The van der Waals surface area contributed by atoms with E-state index in [1.54, 1.807) is 0 Å². The van der Waals surface area contributed by atoms with Gasteiger partial charge < -0.3 is 10.5 Å². The third-order valence-corrected chi connectivity index (χ3v) is 6.45. The van der Waals surface area contributed by atoms with Crippen LogP contribution in [0, 0.1) is 0 Å². The largest absolute Gasteiger partial charge is 0.492 e. The van der Waals surface area contributed by atoms with Gasteiger partial charge in [0, 0.05) is 23.5 Å². The Hall–Kier alpha value is -1.55. The number of likely N-dealkylation sites (tertiary alicyclic amines) is 1. The fraction of sp³-hybridized carbons (Fsp3) is 0.478. The molecule has 0 saturated carbocycles. The van der Waals surface area contributed by atoms with E-state index in [1.165, 1.54) is 49.0 Å². The molecule has 2 aliphatic rings. The molecule has 1 saturated heterocycles. The SMILES string of the molecule is NCCOc1ccc2c(c1)C(Cc1ccccc1Cl)C(N1CCCC1)CC2. The number of aryl methyl sites for hydroxylation is 1. The van der Waals surface area contributed by atoms with Gasteiger partial charge in [0.2, 0.25) is 0 Å². The van der Waals surface area contributed by atoms with Crippen LogP contribution in [0.2, 0.25) is 5.02 Å². The summed E-state index contributed by atoms with van der Waals surface area (Å²) in [6.45, 7) is 3.55. The summed E-state index contributed by atoms with van der Waals surface area (Å²) in [5.41, 5.74) is 9.76. The van der Waals surface area contributed by atoms with E-state index in [1.807, 2.05) is 12.1 Å². The molecule has 0 radical (unpaired) electrons. The second kappa shape index (κ2) is 8.64. The zero-order valence-electron chi connectivity index (χ0n) is 15.9. The van der Waals surface area contributed by atoms with E-state index in [2.05, 4.69) is 35.2 Å². The van der Waals surface area contributed by atoms with E-state index in [-0.39, 0.29) is 0 Å². The molecule has 1 aliphatic carbocycles. The molecule has 2 N–H and O–H groups in total. The smallest absolute Gasteiger partial charge is 0.119 e. The van der Waals surface area contributed by atoms with E-state index in [0.717, 1.165) is 23.6 Å². The first-order chi connectivity index (χ1) is 13.3.